The van der Waals surface area contributed by atoms with Gasteiger partial charge in [-0.05, 0) is 30.7 Å². The molecule has 0 radical (unpaired) electrons. The Morgan fingerprint density at radius 1 is 1.24 bits per heavy atom. The van der Waals surface area contributed by atoms with Crippen LogP contribution in [0.2, 0.25) is 0 Å². The van der Waals surface area contributed by atoms with Gasteiger partial charge in [0.25, 0.3) is 0 Å². The Kier molecular flexibility index (Phi) is 3.76. The second kappa shape index (κ2) is 5.29. The standard InChI is InChI=1S/C13H12FNOS/c1-9(16)11-3-2-4-12(14)13(11)17-10-5-7-15-8-6-10/h2-9,16H,1H3/t9-/m0/s1. The minimum Gasteiger partial charge on any atom is -0.389 e. The minimum absolute atomic E-state index is 0.315. The molecule has 4 heteroatoms. The van der Waals surface area contributed by atoms with Gasteiger partial charge in [0, 0.05) is 17.3 Å². The lowest BCUT2D eigenvalue weighted by Crippen LogP contribution is -1.96. The monoisotopic (exact) mass is 249 g/mol. The zero-order chi connectivity index (χ0) is 12.3. The molecule has 1 N–H and O–H groups in total. The van der Waals surface area contributed by atoms with E-state index < -0.39 is 6.10 Å². The summed E-state index contributed by atoms with van der Waals surface area (Å²) in [6.07, 6.45) is 2.63. The van der Waals surface area contributed by atoms with Crippen LogP contribution < -0.4 is 0 Å². The van der Waals surface area contributed by atoms with E-state index in [0.29, 0.717) is 10.5 Å². The molecule has 2 aromatic rings. The maximum atomic E-state index is 13.7. The van der Waals surface area contributed by atoms with Gasteiger partial charge in [0.15, 0.2) is 0 Å². The van der Waals surface area contributed by atoms with Crippen LogP contribution in [0.5, 0.6) is 0 Å². The van der Waals surface area contributed by atoms with Gasteiger partial charge in [-0.1, -0.05) is 23.9 Å². The number of benzene rings is 1. The Balaban J connectivity index is 2.38. The molecule has 17 heavy (non-hydrogen) atoms. The summed E-state index contributed by atoms with van der Waals surface area (Å²) < 4.78 is 13.7. The van der Waals surface area contributed by atoms with Crippen LogP contribution in [0.25, 0.3) is 0 Å². The molecule has 0 aliphatic carbocycles. The molecule has 1 aromatic carbocycles. The van der Waals surface area contributed by atoms with Crippen molar-refractivity contribution in [1.82, 2.24) is 4.98 Å². The quantitative estimate of drug-likeness (QED) is 0.904. The van der Waals surface area contributed by atoms with Gasteiger partial charge in [0.05, 0.1) is 11.0 Å². The lowest BCUT2D eigenvalue weighted by atomic mass is 10.1. The first-order valence-electron chi connectivity index (χ1n) is 5.23. The second-order valence-electron chi connectivity index (χ2n) is 3.62. The average Bonchev–Trinajstić information content (AvgIpc) is 2.33. The normalized spacial score (nSPS) is 12.4. The van der Waals surface area contributed by atoms with Crippen LogP contribution >= 0.6 is 11.8 Å². The van der Waals surface area contributed by atoms with Gasteiger partial charge in [0.1, 0.15) is 5.82 Å². The lowest BCUT2D eigenvalue weighted by molar-refractivity contribution is 0.195. The van der Waals surface area contributed by atoms with Gasteiger partial charge in [-0.25, -0.2) is 4.39 Å². The first-order valence-corrected chi connectivity index (χ1v) is 6.04. The summed E-state index contributed by atoms with van der Waals surface area (Å²) in [6, 6.07) is 8.35. The molecule has 2 rings (SSSR count). The van der Waals surface area contributed by atoms with E-state index in [2.05, 4.69) is 4.98 Å². The maximum Gasteiger partial charge on any atom is 0.137 e. The first kappa shape index (κ1) is 12.1. The summed E-state index contributed by atoms with van der Waals surface area (Å²) in [5.74, 6) is -0.315. The molecule has 1 heterocycles. The SMILES string of the molecule is C[C@H](O)c1cccc(F)c1Sc1ccncc1. The maximum absolute atomic E-state index is 13.7. The van der Waals surface area contributed by atoms with Gasteiger partial charge in [-0.15, -0.1) is 0 Å². The van der Waals surface area contributed by atoms with Crippen molar-refractivity contribution in [3.05, 3.63) is 54.1 Å². The Morgan fingerprint density at radius 2 is 1.94 bits per heavy atom. The number of pyridine rings is 1. The largest absolute Gasteiger partial charge is 0.389 e. The van der Waals surface area contributed by atoms with Crippen molar-refractivity contribution in [2.45, 2.75) is 22.8 Å². The Hall–Kier alpha value is -1.39. The van der Waals surface area contributed by atoms with Gasteiger partial charge in [-0.3, -0.25) is 4.98 Å². The van der Waals surface area contributed by atoms with Gasteiger partial charge < -0.3 is 5.11 Å². The molecule has 0 unspecified atom stereocenters. The highest BCUT2D eigenvalue weighted by molar-refractivity contribution is 7.99. The lowest BCUT2D eigenvalue weighted by Gasteiger charge is -2.12. The van der Waals surface area contributed by atoms with Crippen molar-refractivity contribution < 1.29 is 9.50 Å². The van der Waals surface area contributed by atoms with Crippen LogP contribution in [0.4, 0.5) is 4.39 Å². The van der Waals surface area contributed by atoms with E-state index in [0.717, 1.165) is 4.90 Å². The Labute approximate surface area is 104 Å². The van der Waals surface area contributed by atoms with Crippen LogP contribution in [0.3, 0.4) is 0 Å². The number of nitrogens with zero attached hydrogens (tertiary/aromatic N) is 1. The summed E-state index contributed by atoms with van der Waals surface area (Å²) >= 11 is 1.29. The molecule has 88 valence electrons. The number of aromatic nitrogens is 1. The summed E-state index contributed by atoms with van der Waals surface area (Å²) in [4.78, 5) is 5.27. The predicted octanol–water partition coefficient (Wildman–Crippen LogP) is 3.43. The molecule has 0 saturated carbocycles. The van der Waals surface area contributed by atoms with Crippen molar-refractivity contribution >= 4 is 11.8 Å². The van der Waals surface area contributed by atoms with Crippen LogP contribution in [-0.4, -0.2) is 10.1 Å². The fourth-order valence-electron chi connectivity index (χ4n) is 1.49. The van der Waals surface area contributed by atoms with E-state index in [4.69, 9.17) is 0 Å². The second-order valence-corrected chi connectivity index (χ2v) is 4.70. The van der Waals surface area contributed by atoms with Crippen molar-refractivity contribution in [2.75, 3.05) is 0 Å². The number of rotatable bonds is 3. The van der Waals surface area contributed by atoms with Crippen LogP contribution in [0, 0.1) is 5.82 Å². The van der Waals surface area contributed by atoms with E-state index in [1.165, 1.54) is 17.8 Å². The minimum atomic E-state index is -0.685. The van der Waals surface area contributed by atoms with Gasteiger partial charge in [0.2, 0.25) is 0 Å². The van der Waals surface area contributed by atoms with Crippen molar-refractivity contribution in [1.29, 1.82) is 0 Å². The molecule has 0 saturated heterocycles. The Morgan fingerprint density at radius 3 is 2.59 bits per heavy atom. The molecule has 0 amide bonds. The zero-order valence-corrected chi connectivity index (χ0v) is 10.1. The van der Waals surface area contributed by atoms with Crippen LogP contribution in [0.1, 0.15) is 18.6 Å². The smallest absolute Gasteiger partial charge is 0.137 e. The molecule has 2 nitrogen and oxygen atoms in total. The first-order chi connectivity index (χ1) is 8.18. The zero-order valence-electron chi connectivity index (χ0n) is 9.30. The van der Waals surface area contributed by atoms with Crippen molar-refractivity contribution in [3.8, 4) is 0 Å². The van der Waals surface area contributed by atoms with E-state index in [1.54, 1.807) is 31.5 Å². The number of hydrogen-bond acceptors (Lipinski definition) is 3. The highest BCUT2D eigenvalue weighted by atomic mass is 32.2. The molecular formula is C13H12FNOS. The summed E-state index contributed by atoms with van der Waals surface area (Å²) in [5.41, 5.74) is 0.604. The summed E-state index contributed by atoms with van der Waals surface area (Å²) in [6.45, 7) is 1.63. The molecule has 1 aromatic heterocycles. The van der Waals surface area contributed by atoms with Crippen LogP contribution in [-0.2, 0) is 0 Å². The summed E-state index contributed by atoms with van der Waals surface area (Å²) in [5, 5.41) is 9.61. The van der Waals surface area contributed by atoms with E-state index in [1.807, 2.05) is 12.1 Å². The molecule has 0 aliphatic heterocycles. The number of aliphatic hydroxyl groups excluding tert-OH is 1. The van der Waals surface area contributed by atoms with E-state index in [9.17, 15) is 9.50 Å². The Bertz CT molecular complexity index is 502. The third-order valence-corrected chi connectivity index (χ3v) is 3.46. The average molecular weight is 249 g/mol. The van der Waals surface area contributed by atoms with E-state index >= 15 is 0 Å². The van der Waals surface area contributed by atoms with Gasteiger partial charge >= 0.3 is 0 Å². The third-order valence-electron chi connectivity index (χ3n) is 2.32. The highest BCUT2D eigenvalue weighted by Gasteiger charge is 2.13. The molecule has 0 bridgehead atoms. The third kappa shape index (κ3) is 2.84. The molecular weight excluding hydrogens is 237 g/mol. The fourth-order valence-corrected chi connectivity index (χ4v) is 2.50. The molecule has 0 fully saturated rings. The molecule has 0 aliphatic rings. The topological polar surface area (TPSA) is 33.1 Å². The molecule has 0 spiro atoms. The summed E-state index contributed by atoms with van der Waals surface area (Å²) in [7, 11) is 0. The number of aliphatic hydroxyl groups is 1. The van der Waals surface area contributed by atoms with Gasteiger partial charge in [-0.2, -0.15) is 0 Å². The van der Waals surface area contributed by atoms with Crippen LogP contribution in [0.15, 0.2) is 52.5 Å². The van der Waals surface area contributed by atoms with Crippen molar-refractivity contribution in [3.63, 3.8) is 0 Å². The number of hydrogen-bond donors (Lipinski definition) is 1. The molecule has 1 atom stereocenters. The number of halogens is 1. The van der Waals surface area contributed by atoms with Crippen molar-refractivity contribution in [2.24, 2.45) is 0 Å². The predicted molar refractivity (Wildman–Crippen MR) is 65.4 cm³/mol. The van der Waals surface area contributed by atoms with E-state index in [-0.39, 0.29) is 5.82 Å². The fraction of sp³-hybridized carbons (Fsp3) is 0.154. The highest BCUT2D eigenvalue weighted by Crippen LogP contribution is 2.34.